The highest BCUT2D eigenvalue weighted by Gasteiger charge is 2.31. The lowest BCUT2D eigenvalue weighted by Gasteiger charge is -2.30. The van der Waals surface area contributed by atoms with Gasteiger partial charge in [-0.2, -0.15) is 13.2 Å². The van der Waals surface area contributed by atoms with Gasteiger partial charge in [-0.3, -0.25) is 9.36 Å². The van der Waals surface area contributed by atoms with Crippen LogP contribution >= 0.6 is 11.8 Å². The number of halogens is 3. The standard InChI is InChI=1S/C24H25F3N4OS/c1-17-10-12-30(13-11-17)22(32)16-33-23-29-28-21(14-18-6-3-2-4-7-18)31(23)20-9-5-8-19(15-20)24(25,26)27/h2-9,15,17H,10-14,16H2,1H3. The van der Waals surface area contributed by atoms with E-state index in [9.17, 15) is 18.0 Å². The van der Waals surface area contributed by atoms with Crippen LogP contribution in [-0.2, 0) is 17.4 Å². The molecule has 1 aliphatic heterocycles. The summed E-state index contributed by atoms with van der Waals surface area (Å²) in [6.07, 6.45) is -2.09. The van der Waals surface area contributed by atoms with Crippen molar-refractivity contribution in [2.45, 2.75) is 37.5 Å². The number of rotatable bonds is 6. The number of hydrogen-bond donors (Lipinski definition) is 0. The molecule has 1 aliphatic rings. The van der Waals surface area contributed by atoms with Crippen molar-refractivity contribution in [1.29, 1.82) is 0 Å². The first-order valence-electron chi connectivity index (χ1n) is 10.9. The molecule has 0 N–H and O–H groups in total. The molecule has 0 bridgehead atoms. The molecule has 1 saturated heterocycles. The van der Waals surface area contributed by atoms with Gasteiger partial charge in [0.2, 0.25) is 5.91 Å². The molecule has 0 aliphatic carbocycles. The van der Waals surface area contributed by atoms with E-state index in [1.54, 1.807) is 10.6 Å². The summed E-state index contributed by atoms with van der Waals surface area (Å²) in [4.78, 5) is 14.6. The van der Waals surface area contributed by atoms with E-state index in [2.05, 4.69) is 17.1 Å². The largest absolute Gasteiger partial charge is 0.416 e. The van der Waals surface area contributed by atoms with Gasteiger partial charge in [0.1, 0.15) is 5.82 Å². The van der Waals surface area contributed by atoms with Gasteiger partial charge in [-0.05, 0) is 42.5 Å². The molecular formula is C24H25F3N4OS. The normalized spacial score (nSPS) is 15.1. The Bertz CT molecular complexity index is 1090. The Morgan fingerprint density at radius 3 is 2.48 bits per heavy atom. The number of piperidine rings is 1. The van der Waals surface area contributed by atoms with Crippen molar-refractivity contribution < 1.29 is 18.0 Å². The van der Waals surface area contributed by atoms with E-state index in [0.717, 1.165) is 43.6 Å². The molecule has 0 saturated carbocycles. The summed E-state index contributed by atoms with van der Waals surface area (Å²) in [5.41, 5.74) is 0.546. The minimum atomic E-state index is -4.46. The van der Waals surface area contributed by atoms with E-state index in [0.29, 0.717) is 29.0 Å². The average molecular weight is 475 g/mol. The number of alkyl halides is 3. The summed E-state index contributed by atoms with van der Waals surface area (Å²) >= 11 is 1.21. The second kappa shape index (κ2) is 9.99. The number of aromatic nitrogens is 3. The first-order valence-corrected chi connectivity index (χ1v) is 11.9. The quantitative estimate of drug-likeness (QED) is 0.459. The summed E-state index contributed by atoms with van der Waals surface area (Å²) < 4.78 is 41.7. The molecule has 2 heterocycles. The van der Waals surface area contributed by atoms with Crippen LogP contribution in [0.5, 0.6) is 0 Å². The molecule has 1 fully saturated rings. The highest BCUT2D eigenvalue weighted by atomic mass is 32.2. The zero-order valence-electron chi connectivity index (χ0n) is 18.3. The van der Waals surface area contributed by atoms with E-state index >= 15 is 0 Å². The van der Waals surface area contributed by atoms with Gasteiger partial charge in [-0.25, -0.2) is 0 Å². The van der Waals surface area contributed by atoms with Gasteiger partial charge in [0.25, 0.3) is 0 Å². The molecule has 5 nitrogen and oxygen atoms in total. The molecule has 0 spiro atoms. The lowest BCUT2D eigenvalue weighted by atomic mass is 9.99. The highest BCUT2D eigenvalue weighted by molar-refractivity contribution is 7.99. The van der Waals surface area contributed by atoms with Gasteiger partial charge in [-0.15, -0.1) is 10.2 Å². The third-order valence-electron chi connectivity index (χ3n) is 5.80. The first kappa shape index (κ1) is 23.4. The summed E-state index contributed by atoms with van der Waals surface area (Å²) in [6.45, 7) is 3.66. The van der Waals surface area contributed by atoms with Crippen molar-refractivity contribution in [2.24, 2.45) is 5.92 Å². The summed E-state index contributed by atoms with van der Waals surface area (Å²) in [5, 5.41) is 8.90. The van der Waals surface area contributed by atoms with E-state index < -0.39 is 11.7 Å². The van der Waals surface area contributed by atoms with Crippen molar-refractivity contribution in [3.05, 3.63) is 71.5 Å². The number of amides is 1. The molecule has 1 aromatic heterocycles. The smallest absolute Gasteiger partial charge is 0.342 e. The van der Waals surface area contributed by atoms with Gasteiger partial charge < -0.3 is 4.90 Å². The molecule has 0 radical (unpaired) electrons. The molecule has 33 heavy (non-hydrogen) atoms. The lowest BCUT2D eigenvalue weighted by molar-refractivity contribution is -0.137. The van der Waals surface area contributed by atoms with E-state index in [1.165, 1.54) is 17.8 Å². The SMILES string of the molecule is CC1CCN(C(=O)CSc2nnc(Cc3ccccc3)n2-c2cccc(C(F)(F)F)c2)CC1. The second-order valence-electron chi connectivity index (χ2n) is 8.30. The van der Waals surface area contributed by atoms with Crippen molar-refractivity contribution in [2.75, 3.05) is 18.8 Å². The van der Waals surface area contributed by atoms with Crippen molar-refractivity contribution in [3.8, 4) is 5.69 Å². The number of hydrogen-bond acceptors (Lipinski definition) is 4. The van der Waals surface area contributed by atoms with Crippen LogP contribution in [-0.4, -0.2) is 44.4 Å². The lowest BCUT2D eigenvalue weighted by Crippen LogP contribution is -2.38. The number of thioether (sulfide) groups is 1. The molecule has 9 heteroatoms. The van der Waals surface area contributed by atoms with Crippen LogP contribution in [0.3, 0.4) is 0 Å². The van der Waals surface area contributed by atoms with Gasteiger partial charge in [0.15, 0.2) is 5.16 Å². The summed E-state index contributed by atoms with van der Waals surface area (Å²) in [6, 6.07) is 14.7. The van der Waals surface area contributed by atoms with Gasteiger partial charge in [0.05, 0.1) is 17.0 Å². The molecule has 0 atom stereocenters. The Kier molecular flexibility index (Phi) is 7.07. The van der Waals surface area contributed by atoms with Crippen LogP contribution < -0.4 is 0 Å². The molecule has 0 unspecified atom stereocenters. The third kappa shape index (κ3) is 5.76. The van der Waals surface area contributed by atoms with Crippen molar-refractivity contribution >= 4 is 17.7 Å². The number of carbonyl (C=O) groups excluding carboxylic acids is 1. The van der Waals surface area contributed by atoms with Crippen LogP contribution in [0.15, 0.2) is 59.8 Å². The maximum absolute atomic E-state index is 13.3. The van der Waals surface area contributed by atoms with Crippen molar-refractivity contribution in [3.63, 3.8) is 0 Å². The van der Waals surface area contributed by atoms with E-state index in [4.69, 9.17) is 0 Å². The summed E-state index contributed by atoms with van der Waals surface area (Å²) in [5.74, 6) is 1.31. The Labute approximate surface area is 195 Å². The Morgan fingerprint density at radius 1 is 1.06 bits per heavy atom. The Balaban J connectivity index is 1.61. The number of likely N-dealkylation sites (tertiary alicyclic amines) is 1. The Morgan fingerprint density at radius 2 is 1.79 bits per heavy atom. The summed E-state index contributed by atoms with van der Waals surface area (Å²) in [7, 11) is 0. The number of nitrogens with zero attached hydrogens (tertiary/aromatic N) is 4. The number of carbonyl (C=O) groups is 1. The first-order chi connectivity index (χ1) is 15.8. The fourth-order valence-corrected chi connectivity index (χ4v) is 4.72. The maximum atomic E-state index is 13.3. The average Bonchev–Trinajstić information content (AvgIpc) is 3.20. The highest BCUT2D eigenvalue weighted by Crippen LogP contribution is 2.32. The Hall–Kier alpha value is -2.81. The minimum Gasteiger partial charge on any atom is -0.342 e. The van der Waals surface area contributed by atoms with Crippen LogP contribution in [0.4, 0.5) is 13.2 Å². The van der Waals surface area contributed by atoms with Crippen molar-refractivity contribution in [1.82, 2.24) is 19.7 Å². The molecule has 4 rings (SSSR count). The van der Waals surface area contributed by atoms with Gasteiger partial charge >= 0.3 is 6.18 Å². The van der Waals surface area contributed by atoms with Crippen LogP contribution in [0.25, 0.3) is 5.69 Å². The number of benzene rings is 2. The molecule has 3 aromatic rings. The molecule has 174 valence electrons. The zero-order chi connectivity index (χ0) is 23.4. The van der Waals surface area contributed by atoms with Gasteiger partial charge in [0, 0.05) is 19.5 Å². The maximum Gasteiger partial charge on any atom is 0.416 e. The topological polar surface area (TPSA) is 51.0 Å². The fraction of sp³-hybridized carbons (Fsp3) is 0.375. The monoisotopic (exact) mass is 474 g/mol. The third-order valence-corrected chi connectivity index (χ3v) is 6.71. The zero-order valence-corrected chi connectivity index (χ0v) is 19.1. The molecule has 1 amide bonds. The van der Waals surface area contributed by atoms with E-state index in [1.807, 2.05) is 35.2 Å². The predicted molar refractivity (Wildman–Crippen MR) is 121 cm³/mol. The van der Waals surface area contributed by atoms with Crippen LogP contribution in [0, 0.1) is 5.92 Å². The minimum absolute atomic E-state index is 0.00935. The predicted octanol–water partition coefficient (Wildman–Crippen LogP) is 5.23. The fourth-order valence-electron chi connectivity index (χ4n) is 3.84. The molecule has 2 aromatic carbocycles. The van der Waals surface area contributed by atoms with Crippen LogP contribution in [0.2, 0.25) is 0 Å². The molecular weight excluding hydrogens is 449 g/mol. The van der Waals surface area contributed by atoms with Gasteiger partial charge in [-0.1, -0.05) is 55.1 Å². The van der Waals surface area contributed by atoms with E-state index in [-0.39, 0.29) is 11.7 Å². The van der Waals surface area contributed by atoms with Crippen LogP contribution in [0.1, 0.15) is 36.7 Å². The second-order valence-corrected chi connectivity index (χ2v) is 9.24.